The van der Waals surface area contributed by atoms with E-state index in [1.807, 2.05) is 32.8 Å². The molecule has 0 aliphatic heterocycles. The lowest BCUT2D eigenvalue weighted by Crippen LogP contribution is -2.19. The highest BCUT2D eigenvalue weighted by molar-refractivity contribution is 5.02. The summed E-state index contributed by atoms with van der Waals surface area (Å²) in [6.45, 7) is 4.07. The Hall–Kier alpha value is -1.01. The monoisotopic (exact) mass is 196 g/mol. The predicted octanol–water partition coefficient (Wildman–Crippen LogP) is 1.61. The first-order valence-electron chi connectivity index (χ1n) is 4.89. The molecule has 0 bridgehead atoms. The summed E-state index contributed by atoms with van der Waals surface area (Å²) in [5, 5.41) is 18.5. The molecule has 0 aromatic heterocycles. The van der Waals surface area contributed by atoms with E-state index in [1.54, 1.807) is 12.3 Å². The minimum Gasteiger partial charge on any atom is -0.391 e. The molecule has 0 aliphatic rings. The summed E-state index contributed by atoms with van der Waals surface area (Å²) >= 11 is 0. The van der Waals surface area contributed by atoms with E-state index in [0.29, 0.717) is 12.3 Å². The quantitative estimate of drug-likeness (QED) is 0.726. The van der Waals surface area contributed by atoms with Gasteiger partial charge in [0, 0.05) is 14.1 Å². The Balaban J connectivity index is 4.21. The van der Waals surface area contributed by atoms with Gasteiger partial charge in [-0.25, -0.2) is 0 Å². The second kappa shape index (κ2) is 6.44. The Kier molecular flexibility index (Phi) is 5.98. The van der Waals surface area contributed by atoms with E-state index in [9.17, 15) is 5.11 Å². The maximum absolute atomic E-state index is 9.70. The van der Waals surface area contributed by atoms with Crippen molar-refractivity contribution in [1.82, 2.24) is 4.90 Å². The fourth-order valence-electron chi connectivity index (χ4n) is 1.15. The first-order chi connectivity index (χ1) is 6.47. The van der Waals surface area contributed by atoms with Gasteiger partial charge in [0.2, 0.25) is 0 Å². The fraction of sp³-hybridized carbons (Fsp3) is 0.727. The van der Waals surface area contributed by atoms with E-state index in [1.165, 1.54) is 0 Å². The zero-order valence-electron chi connectivity index (χ0n) is 9.44. The highest BCUT2D eigenvalue weighted by atomic mass is 16.3. The summed E-state index contributed by atoms with van der Waals surface area (Å²) in [5.41, 5.74) is 0. The van der Waals surface area contributed by atoms with E-state index >= 15 is 0 Å². The third kappa shape index (κ3) is 5.60. The average Bonchev–Trinajstić information content (AvgIpc) is 2.03. The van der Waals surface area contributed by atoms with Crippen LogP contribution in [0, 0.1) is 23.2 Å². The van der Waals surface area contributed by atoms with Gasteiger partial charge in [-0.3, -0.25) is 0 Å². The Bertz CT molecular complexity index is 216. The zero-order chi connectivity index (χ0) is 11.1. The minimum absolute atomic E-state index is 0.403. The van der Waals surface area contributed by atoms with Crippen LogP contribution in [0.25, 0.3) is 0 Å². The summed E-state index contributed by atoms with van der Waals surface area (Å²) in [4.78, 5) is 1.85. The normalized spacial score (nSPS) is 15.5. The topological polar surface area (TPSA) is 47.3 Å². The maximum Gasteiger partial charge on any atom is 0.0919 e. The Labute approximate surface area is 86.6 Å². The molecule has 0 spiro atoms. The van der Waals surface area contributed by atoms with Crippen molar-refractivity contribution >= 4 is 0 Å². The molecular weight excluding hydrogens is 176 g/mol. The molecule has 0 radical (unpaired) electrons. The third-order valence-electron chi connectivity index (χ3n) is 1.87. The molecular formula is C11H20N2O. The van der Waals surface area contributed by atoms with Crippen molar-refractivity contribution in [2.45, 2.75) is 26.4 Å². The van der Waals surface area contributed by atoms with E-state index < -0.39 is 12.0 Å². The lowest BCUT2D eigenvalue weighted by Gasteiger charge is -2.16. The van der Waals surface area contributed by atoms with Crippen LogP contribution >= 0.6 is 0 Å². The van der Waals surface area contributed by atoms with Gasteiger partial charge in [-0.15, -0.1) is 0 Å². The van der Waals surface area contributed by atoms with Crippen LogP contribution in [0.15, 0.2) is 12.3 Å². The fourth-order valence-corrected chi connectivity index (χ4v) is 1.15. The van der Waals surface area contributed by atoms with Crippen LogP contribution in [0.3, 0.4) is 0 Å². The second-order valence-corrected chi connectivity index (χ2v) is 4.16. The van der Waals surface area contributed by atoms with Gasteiger partial charge in [0.05, 0.1) is 18.1 Å². The standard InChI is InChI=1S/C11H20N2O/c1-9(2)7-11(14)10(8-12)5-6-13(3)4/h5-6,9-11,14H,7H2,1-4H3/b6-5+. The van der Waals surface area contributed by atoms with Crippen molar-refractivity contribution < 1.29 is 5.11 Å². The molecule has 0 saturated heterocycles. The van der Waals surface area contributed by atoms with Crippen molar-refractivity contribution in [1.29, 1.82) is 5.26 Å². The molecule has 0 heterocycles. The summed E-state index contributed by atoms with van der Waals surface area (Å²) in [6.07, 6.45) is 3.65. The van der Waals surface area contributed by atoms with Crippen LogP contribution < -0.4 is 0 Å². The van der Waals surface area contributed by atoms with Gasteiger partial charge in [-0.05, 0) is 24.6 Å². The molecule has 80 valence electrons. The highest BCUT2D eigenvalue weighted by Gasteiger charge is 2.16. The third-order valence-corrected chi connectivity index (χ3v) is 1.87. The molecule has 2 atom stereocenters. The van der Waals surface area contributed by atoms with E-state index in [-0.39, 0.29) is 0 Å². The first-order valence-corrected chi connectivity index (χ1v) is 4.89. The summed E-state index contributed by atoms with van der Waals surface area (Å²) in [5.74, 6) is 0.00778. The van der Waals surface area contributed by atoms with Crippen LogP contribution in [0.5, 0.6) is 0 Å². The molecule has 14 heavy (non-hydrogen) atoms. The van der Waals surface area contributed by atoms with Crippen LogP contribution in [0.2, 0.25) is 0 Å². The molecule has 0 amide bonds. The maximum atomic E-state index is 9.70. The number of hydrogen-bond acceptors (Lipinski definition) is 3. The van der Waals surface area contributed by atoms with E-state index in [2.05, 4.69) is 6.07 Å². The minimum atomic E-state index is -0.559. The van der Waals surface area contributed by atoms with Crippen molar-refractivity contribution in [3.05, 3.63) is 12.3 Å². The lowest BCUT2D eigenvalue weighted by atomic mass is 9.95. The molecule has 3 nitrogen and oxygen atoms in total. The summed E-state index contributed by atoms with van der Waals surface area (Å²) in [7, 11) is 3.78. The predicted molar refractivity (Wildman–Crippen MR) is 57.4 cm³/mol. The summed E-state index contributed by atoms with van der Waals surface area (Å²) in [6, 6.07) is 2.10. The Morgan fingerprint density at radius 3 is 2.36 bits per heavy atom. The highest BCUT2D eigenvalue weighted by Crippen LogP contribution is 2.14. The molecule has 0 fully saturated rings. The first kappa shape index (κ1) is 13.0. The largest absolute Gasteiger partial charge is 0.391 e. The second-order valence-electron chi connectivity index (χ2n) is 4.16. The van der Waals surface area contributed by atoms with Gasteiger partial charge in [-0.2, -0.15) is 5.26 Å². The molecule has 0 rings (SSSR count). The zero-order valence-corrected chi connectivity index (χ0v) is 9.44. The van der Waals surface area contributed by atoms with Gasteiger partial charge in [0.1, 0.15) is 0 Å². The van der Waals surface area contributed by atoms with E-state index in [0.717, 1.165) is 0 Å². The molecule has 1 N–H and O–H groups in total. The number of nitriles is 1. The van der Waals surface area contributed by atoms with Crippen LogP contribution in [0.1, 0.15) is 20.3 Å². The van der Waals surface area contributed by atoms with Crippen LogP contribution in [-0.4, -0.2) is 30.2 Å². The number of nitrogens with zero attached hydrogens (tertiary/aromatic N) is 2. The molecule has 0 saturated carbocycles. The van der Waals surface area contributed by atoms with E-state index in [4.69, 9.17) is 5.26 Å². The van der Waals surface area contributed by atoms with Crippen molar-refractivity contribution in [3.63, 3.8) is 0 Å². The van der Waals surface area contributed by atoms with Gasteiger partial charge < -0.3 is 10.0 Å². The number of hydrogen-bond donors (Lipinski definition) is 1. The molecule has 0 aromatic rings. The molecule has 3 heteroatoms. The number of aliphatic hydroxyl groups excluding tert-OH is 1. The molecule has 0 aliphatic carbocycles. The van der Waals surface area contributed by atoms with Crippen molar-refractivity contribution in [2.24, 2.45) is 11.8 Å². The van der Waals surface area contributed by atoms with Gasteiger partial charge in [-0.1, -0.05) is 13.8 Å². The van der Waals surface area contributed by atoms with Gasteiger partial charge in [0.15, 0.2) is 0 Å². The SMILES string of the molecule is CC(C)CC(O)C(C#N)/C=C/N(C)C. The van der Waals surface area contributed by atoms with Crippen molar-refractivity contribution in [3.8, 4) is 6.07 Å². The number of aliphatic hydroxyl groups is 1. The van der Waals surface area contributed by atoms with Crippen LogP contribution in [-0.2, 0) is 0 Å². The summed E-state index contributed by atoms with van der Waals surface area (Å²) < 4.78 is 0. The number of rotatable bonds is 5. The Morgan fingerprint density at radius 1 is 1.43 bits per heavy atom. The van der Waals surface area contributed by atoms with Crippen molar-refractivity contribution in [2.75, 3.05) is 14.1 Å². The Morgan fingerprint density at radius 2 is 2.00 bits per heavy atom. The molecule has 0 aromatic carbocycles. The average molecular weight is 196 g/mol. The van der Waals surface area contributed by atoms with Gasteiger partial charge in [0.25, 0.3) is 0 Å². The molecule has 2 unspecified atom stereocenters. The lowest BCUT2D eigenvalue weighted by molar-refractivity contribution is 0.126. The van der Waals surface area contributed by atoms with Crippen LogP contribution in [0.4, 0.5) is 0 Å². The smallest absolute Gasteiger partial charge is 0.0919 e. The van der Waals surface area contributed by atoms with Gasteiger partial charge >= 0.3 is 0 Å².